The number of halogens is 2. The summed E-state index contributed by atoms with van der Waals surface area (Å²) in [4.78, 5) is 21.4. The van der Waals surface area contributed by atoms with Crippen molar-refractivity contribution in [1.82, 2.24) is 0 Å². The van der Waals surface area contributed by atoms with E-state index >= 15 is 4.39 Å². The van der Waals surface area contributed by atoms with Gasteiger partial charge in [-0.1, -0.05) is 30.3 Å². The number of benzene rings is 2. The smallest absolute Gasteiger partial charge is 0.278 e. The molecule has 2 aromatic carbocycles. The number of hydrogen-bond acceptors (Lipinski definition) is 4. The Labute approximate surface area is 210 Å². The van der Waals surface area contributed by atoms with Crippen molar-refractivity contribution >= 4 is 40.5 Å². The highest BCUT2D eigenvalue weighted by Gasteiger charge is 2.60. The molecule has 176 valence electrons. The quantitative estimate of drug-likeness (QED) is 0.269. The minimum atomic E-state index is -1.40. The second kappa shape index (κ2) is 8.21. The van der Waals surface area contributed by atoms with E-state index < -0.39 is 11.5 Å². The zero-order valence-electron chi connectivity index (χ0n) is 19.2. The molecule has 7 heteroatoms. The number of rotatable bonds is 6. The van der Waals surface area contributed by atoms with Gasteiger partial charge in [0.05, 0.1) is 17.6 Å². The van der Waals surface area contributed by atoms with Crippen LogP contribution >= 0.6 is 22.7 Å². The Balaban J connectivity index is 1.37. The van der Waals surface area contributed by atoms with Gasteiger partial charge in [-0.05, 0) is 49.7 Å². The van der Waals surface area contributed by atoms with E-state index in [9.17, 15) is 9.18 Å². The first-order valence-corrected chi connectivity index (χ1v) is 13.1. The van der Waals surface area contributed by atoms with Crippen molar-refractivity contribution in [3.8, 4) is 10.4 Å². The van der Waals surface area contributed by atoms with Gasteiger partial charge in [-0.25, -0.2) is 13.8 Å². The van der Waals surface area contributed by atoms with Gasteiger partial charge in [-0.3, -0.25) is 4.79 Å². The zero-order valence-corrected chi connectivity index (χ0v) is 20.8. The van der Waals surface area contributed by atoms with Gasteiger partial charge in [0, 0.05) is 49.5 Å². The molecule has 3 atom stereocenters. The van der Waals surface area contributed by atoms with E-state index in [1.54, 1.807) is 11.3 Å². The molecule has 0 spiro atoms. The summed E-state index contributed by atoms with van der Waals surface area (Å²) in [5, 5.41) is 2.08. The SMILES string of the molecule is Cc1cc(N(C(C)c2ccc(-c3cc(F)cc4c3C(=O)N=C4)s2)C2CC2(F)c2ccccc2)cs1. The lowest BCUT2D eigenvalue weighted by molar-refractivity contribution is 0.101. The van der Waals surface area contributed by atoms with Crippen LogP contribution in [-0.2, 0) is 5.67 Å². The van der Waals surface area contributed by atoms with Crippen molar-refractivity contribution in [3.63, 3.8) is 0 Å². The van der Waals surface area contributed by atoms with E-state index in [1.165, 1.54) is 34.6 Å². The number of nitrogens with zero attached hydrogens (tertiary/aromatic N) is 2. The van der Waals surface area contributed by atoms with Crippen LogP contribution in [-0.4, -0.2) is 18.2 Å². The first-order valence-electron chi connectivity index (χ1n) is 11.4. The summed E-state index contributed by atoms with van der Waals surface area (Å²) < 4.78 is 30.4. The van der Waals surface area contributed by atoms with Crippen LogP contribution in [0.2, 0.25) is 0 Å². The Morgan fingerprint density at radius 2 is 1.94 bits per heavy atom. The van der Waals surface area contributed by atoms with Gasteiger partial charge in [-0.15, -0.1) is 22.7 Å². The third-order valence-corrected chi connectivity index (χ3v) is 8.99. The number of alkyl halides is 1. The fourth-order valence-corrected chi connectivity index (χ4v) is 6.79. The summed E-state index contributed by atoms with van der Waals surface area (Å²) in [5.74, 6) is -0.752. The van der Waals surface area contributed by atoms with Crippen LogP contribution < -0.4 is 4.90 Å². The summed E-state index contributed by atoms with van der Waals surface area (Å²) in [6, 6.07) is 17.7. The first kappa shape index (κ1) is 22.3. The van der Waals surface area contributed by atoms with E-state index in [0.29, 0.717) is 28.7 Å². The number of aryl methyl sites for hydroxylation is 1. The predicted molar refractivity (Wildman–Crippen MR) is 139 cm³/mol. The number of anilines is 1. The molecule has 1 aliphatic heterocycles. The first-order chi connectivity index (χ1) is 16.8. The lowest BCUT2D eigenvalue weighted by Gasteiger charge is -2.31. The standard InChI is InChI=1S/C28H22F2N2OS2/c1-16-10-21(15-34-16)32(25-13-28(25,30)19-6-4-3-5-7-19)17(2)23-8-9-24(35-23)22-12-20(29)11-18-14-31-27(33)26(18)22/h3-12,14-15,17,25H,13H2,1-2H3. The molecule has 1 saturated carbocycles. The average Bonchev–Trinajstić information content (AvgIpc) is 3.26. The normalized spacial score (nSPS) is 21.3. The molecular formula is C28H22F2N2OS2. The van der Waals surface area contributed by atoms with Gasteiger partial charge >= 0.3 is 0 Å². The van der Waals surface area contributed by atoms with Crippen LogP contribution in [0.15, 0.2) is 71.0 Å². The number of carbonyl (C=O) groups excluding carboxylic acids is 1. The minimum Gasteiger partial charge on any atom is -0.357 e. The summed E-state index contributed by atoms with van der Waals surface area (Å²) in [7, 11) is 0. The highest BCUT2D eigenvalue weighted by Crippen LogP contribution is 2.56. The van der Waals surface area contributed by atoms with Gasteiger partial charge in [-0.2, -0.15) is 0 Å². The van der Waals surface area contributed by atoms with E-state index in [-0.39, 0.29) is 18.0 Å². The molecule has 2 aromatic heterocycles. The van der Waals surface area contributed by atoms with Crippen LogP contribution in [0.1, 0.15) is 50.6 Å². The summed E-state index contributed by atoms with van der Waals surface area (Å²) in [5.41, 5.74) is 1.80. The fourth-order valence-electron chi connectivity index (χ4n) is 5.02. The van der Waals surface area contributed by atoms with Crippen LogP contribution in [0, 0.1) is 12.7 Å². The Morgan fingerprint density at radius 3 is 2.69 bits per heavy atom. The number of amides is 1. The van der Waals surface area contributed by atoms with Gasteiger partial charge in [0.15, 0.2) is 5.67 Å². The van der Waals surface area contributed by atoms with Crippen LogP contribution in [0.25, 0.3) is 10.4 Å². The maximum Gasteiger partial charge on any atom is 0.278 e. The lowest BCUT2D eigenvalue weighted by Crippen LogP contribution is -2.32. The molecule has 2 aliphatic rings. The molecule has 0 N–H and O–H groups in total. The van der Waals surface area contributed by atoms with E-state index in [1.807, 2.05) is 42.5 Å². The van der Waals surface area contributed by atoms with Crippen LogP contribution in [0.5, 0.6) is 0 Å². The molecule has 0 bridgehead atoms. The highest BCUT2D eigenvalue weighted by molar-refractivity contribution is 7.15. The van der Waals surface area contributed by atoms with Gasteiger partial charge in [0.25, 0.3) is 5.91 Å². The number of hydrogen-bond donors (Lipinski definition) is 0. The zero-order chi connectivity index (χ0) is 24.3. The molecule has 35 heavy (non-hydrogen) atoms. The average molecular weight is 505 g/mol. The molecule has 3 heterocycles. The fraction of sp³-hybridized carbons (Fsp3) is 0.214. The van der Waals surface area contributed by atoms with Crippen LogP contribution in [0.4, 0.5) is 14.5 Å². The second-order valence-electron chi connectivity index (χ2n) is 9.13. The summed E-state index contributed by atoms with van der Waals surface area (Å²) in [6.45, 7) is 4.13. The predicted octanol–water partition coefficient (Wildman–Crippen LogP) is 7.70. The Kier molecular flexibility index (Phi) is 5.23. The van der Waals surface area contributed by atoms with Crippen molar-refractivity contribution in [2.24, 2.45) is 4.99 Å². The topological polar surface area (TPSA) is 32.7 Å². The maximum absolute atomic E-state index is 16.1. The van der Waals surface area contributed by atoms with E-state index in [0.717, 1.165) is 15.4 Å². The number of thiophene rings is 2. The molecule has 6 rings (SSSR count). The monoisotopic (exact) mass is 504 g/mol. The Hall–Kier alpha value is -3.16. The van der Waals surface area contributed by atoms with Gasteiger partial charge in [0.2, 0.25) is 0 Å². The summed E-state index contributed by atoms with van der Waals surface area (Å²) >= 11 is 3.16. The molecule has 3 nitrogen and oxygen atoms in total. The third kappa shape index (κ3) is 3.74. The van der Waals surface area contributed by atoms with Crippen molar-refractivity contribution in [3.05, 3.63) is 98.3 Å². The molecule has 1 aliphatic carbocycles. The Bertz CT molecular complexity index is 1480. The molecule has 1 fully saturated rings. The molecular weight excluding hydrogens is 482 g/mol. The largest absolute Gasteiger partial charge is 0.357 e. The van der Waals surface area contributed by atoms with E-state index in [2.05, 4.69) is 35.2 Å². The summed E-state index contributed by atoms with van der Waals surface area (Å²) in [6.07, 6.45) is 1.84. The number of fused-ring (bicyclic) bond motifs is 1. The van der Waals surface area contributed by atoms with Gasteiger partial charge in [0.1, 0.15) is 5.82 Å². The molecule has 0 radical (unpaired) electrons. The van der Waals surface area contributed by atoms with Crippen molar-refractivity contribution in [2.45, 2.75) is 38.0 Å². The maximum atomic E-state index is 16.1. The van der Waals surface area contributed by atoms with Gasteiger partial charge < -0.3 is 4.90 Å². The van der Waals surface area contributed by atoms with Crippen molar-refractivity contribution in [2.75, 3.05) is 4.90 Å². The molecule has 4 aromatic rings. The molecule has 1 amide bonds. The minimum absolute atomic E-state index is 0.109. The van der Waals surface area contributed by atoms with E-state index in [4.69, 9.17) is 0 Å². The van der Waals surface area contributed by atoms with Crippen LogP contribution in [0.3, 0.4) is 0 Å². The lowest BCUT2D eigenvalue weighted by atomic mass is 10.0. The molecule has 3 unspecified atom stereocenters. The van der Waals surface area contributed by atoms with Crippen molar-refractivity contribution in [1.29, 1.82) is 0 Å². The number of aliphatic imine (C=N–C) groups is 1. The second-order valence-corrected chi connectivity index (χ2v) is 11.4. The molecule has 0 saturated heterocycles. The number of carbonyl (C=O) groups is 1. The van der Waals surface area contributed by atoms with Crippen molar-refractivity contribution < 1.29 is 13.6 Å². The highest BCUT2D eigenvalue weighted by atomic mass is 32.1. The third-order valence-electron chi connectivity index (χ3n) is 6.85. The Morgan fingerprint density at radius 1 is 1.14 bits per heavy atom.